The largest absolute Gasteiger partial charge is 0.491 e. The highest BCUT2D eigenvalue weighted by molar-refractivity contribution is 5.62. The molecule has 3 rings (SSSR count). The molecule has 0 aliphatic heterocycles. The van der Waals surface area contributed by atoms with Gasteiger partial charge in [0.15, 0.2) is 0 Å². The van der Waals surface area contributed by atoms with E-state index in [1.54, 1.807) is 4.68 Å². The Morgan fingerprint density at radius 2 is 1.70 bits per heavy atom. The van der Waals surface area contributed by atoms with Crippen molar-refractivity contribution in [3.05, 3.63) is 54.7 Å². The molecule has 0 amide bonds. The fourth-order valence-corrected chi connectivity index (χ4v) is 2.52. The zero-order valence-electron chi connectivity index (χ0n) is 15.5. The molecular weight excluding hydrogens is 346 g/mol. The van der Waals surface area contributed by atoms with Crippen LogP contribution < -0.4 is 9.64 Å². The number of benzene rings is 2. The first-order valence-electron chi connectivity index (χ1n) is 8.74. The zero-order valence-corrected chi connectivity index (χ0v) is 15.5. The Kier molecular flexibility index (Phi) is 6.38. The van der Waals surface area contributed by atoms with Crippen LogP contribution in [-0.2, 0) is 4.74 Å². The number of rotatable bonds is 9. The molecule has 0 saturated heterocycles. The molecule has 0 unspecified atom stereocenters. The SMILES string of the molecule is CN(C)c1ccc(-c2cn(-c3ccc(OCCOCC[18F])cc3)nn2)cc1. The van der Waals surface area contributed by atoms with Gasteiger partial charge in [-0.15, -0.1) is 5.10 Å². The molecule has 0 aliphatic rings. The molecule has 0 bridgehead atoms. The summed E-state index contributed by atoms with van der Waals surface area (Å²) in [4.78, 5) is 2.05. The summed E-state index contributed by atoms with van der Waals surface area (Å²) in [5.74, 6) is 0.724. The van der Waals surface area contributed by atoms with Crippen molar-refractivity contribution in [2.75, 3.05) is 45.5 Å². The number of ether oxygens (including phenoxy) is 2. The Bertz CT molecular complexity index is 832. The predicted molar refractivity (Wildman–Crippen MR) is 103 cm³/mol. The molecule has 1 aromatic heterocycles. The number of nitrogens with zero attached hydrogens (tertiary/aromatic N) is 4. The Hall–Kier alpha value is -2.93. The van der Waals surface area contributed by atoms with Crippen molar-refractivity contribution in [1.29, 1.82) is 0 Å². The summed E-state index contributed by atoms with van der Waals surface area (Å²) in [6, 6.07) is 15.7. The summed E-state index contributed by atoms with van der Waals surface area (Å²) in [7, 11) is 4.02. The summed E-state index contributed by atoms with van der Waals surface area (Å²) >= 11 is 0. The number of aromatic nitrogens is 3. The van der Waals surface area contributed by atoms with E-state index >= 15 is 0 Å². The average Bonchev–Trinajstić information content (AvgIpc) is 3.18. The zero-order chi connectivity index (χ0) is 19.1. The van der Waals surface area contributed by atoms with Crippen LogP contribution in [0.25, 0.3) is 16.9 Å². The highest BCUT2D eigenvalue weighted by atomic mass is 18.2. The van der Waals surface area contributed by atoms with Crippen LogP contribution in [0.2, 0.25) is 0 Å². The molecule has 0 spiro atoms. The van der Waals surface area contributed by atoms with E-state index in [1.807, 2.05) is 56.7 Å². The van der Waals surface area contributed by atoms with Crippen molar-refractivity contribution in [3.8, 4) is 22.7 Å². The molecule has 27 heavy (non-hydrogen) atoms. The lowest BCUT2D eigenvalue weighted by Gasteiger charge is -2.11. The van der Waals surface area contributed by atoms with Gasteiger partial charge in [0.1, 0.15) is 24.7 Å². The number of alkyl halides is 1. The average molecular weight is 369 g/mol. The number of hydrogen-bond donors (Lipinski definition) is 0. The maximum atomic E-state index is 11.9. The standard InChI is InChI=1S/C20H23FN4O2/c1-24(2)17-5-3-16(4-6-17)20-15-25(23-22-20)18-7-9-19(10-8-18)27-14-13-26-12-11-21/h3-10,15H,11-14H2,1-2H3/i21-1. The second-order valence-corrected chi connectivity index (χ2v) is 6.13. The van der Waals surface area contributed by atoms with Crippen molar-refractivity contribution in [2.45, 2.75) is 0 Å². The van der Waals surface area contributed by atoms with E-state index < -0.39 is 6.67 Å². The second kappa shape index (κ2) is 9.14. The van der Waals surface area contributed by atoms with Crippen LogP contribution in [0, 0.1) is 0 Å². The van der Waals surface area contributed by atoms with Crippen molar-refractivity contribution in [1.82, 2.24) is 15.0 Å². The quantitative estimate of drug-likeness (QED) is 0.541. The maximum Gasteiger partial charge on any atom is 0.119 e. The van der Waals surface area contributed by atoms with E-state index in [0.29, 0.717) is 13.2 Å². The summed E-state index contributed by atoms with van der Waals surface area (Å²) in [6.07, 6.45) is 1.89. The van der Waals surface area contributed by atoms with Gasteiger partial charge in [-0.2, -0.15) is 0 Å². The Balaban J connectivity index is 1.62. The van der Waals surface area contributed by atoms with E-state index in [0.717, 1.165) is 28.4 Å². The topological polar surface area (TPSA) is 52.4 Å². The molecule has 0 radical (unpaired) electrons. The van der Waals surface area contributed by atoms with Gasteiger partial charge in [0.25, 0.3) is 0 Å². The number of halogens is 1. The van der Waals surface area contributed by atoms with Gasteiger partial charge in [0.2, 0.25) is 0 Å². The summed E-state index contributed by atoms with van der Waals surface area (Å²) < 4.78 is 24.2. The molecule has 0 N–H and O–H groups in total. The van der Waals surface area contributed by atoms with Gasteiger partial charge in [-0.25, -0.2) is 9.07 Å². The van der Waals surface area contributed by atoms with Crippen LogP contribution in [0.1, 0.15) is 0 Å². The van der Waals surface area contributed by atoms with Crippen LogP contribution in [-0.4, -0.2) is 55.6 Å². The fraction of sp³-hybridized carbons (Fsp3) is 0.300. The highest BCUT2D eigenvalue weighted by Gasteiger charge is 2.06. The smallest absolute Gasteiger partial charge is 0.119 e. The van der Waals surface area contributed by atoms with E-state index in [1.165, 1.54) is 0 Å². The molecule has 0 atom stereocenters. The van der Waals surface area contributed by atoms with Crippen LogP contribution in [0.5, 0.6) is 5.75 Å². The molecule has 6 nitrogen and oxygen atoms in total. The third-order valence-electron chi connectivity index (χ3n) is 3.99. The molecular formula is C20H23FN4O2. The van der Waals surface area contributed by atoms with Gasteiger partial charge >= 0.3 is 0 Å². The van der Waals surface area contributed by atoms with Gasteiger partial charge in [-0.3, -0.25) is 0 Å². The van der Waals surface area contributed by atoms with E-state index in [9.17, 15) is 4.39 Å². The van der Waals surface area contributed by atoms with E-state index in [-0.39, 0.29) is 6.61 Å². The van der Waals surface area contributed by atoms with E-state index in [2.05, 4.69) is 27.3 Å². The van der Waals surface area contributed by atoms with Crippen molar-refractivity contribution in [2.24, 2.45) is 0 Å². The molecule has 142 valence electrons. The van der Waals surface area contributed by atoms with Gasteiger partial charge in [0.05, 0.1) is 25.1 Å². The first-order valence-corrected chi connectivity index (χ1v) is 8.74. The van der Waals surface area contributed by atoms with Gasteiger partial charge in [0, 0.05) is 25.3 Å². The van der Waals surface area contributed by atoms with Crippen molar-refractivity contribution < 1.29 is 13.9 Å². The first kappa shape index (κ1) is 18.8. The molecule has 0 saturated carbocycles. The summed E-state index contributed by atoms with van der Waals surface area (Å²) in [6.45, 7) is 0.379. The highest BCUT2D eigenvalue weighted by Crippen LogP contribution is 2.22. The molecule has 0 aliphatic carbocycles. The lowest BCUT2D eigenvalue weighted by Crippen LogP contribution is -2.08. The van der Waals surface area contributed by atoms with Crippen LogP contribution >= 0.6 is 0 Å². The Morgan fingerprint density at radius 1 is 0.963 bits per heavy atom. The van der Waals surface area contributed by atoms with Gasteiger partial charge in [-0.1, -0.05) is 17.3 Å². The molecule has 0 fully saturated rings. The molecule has 7 heteroatoms. The van der Waals surface area contributed by atoms with Gasteiger partial charge in [-0.05, 0) is 36.4 Å². The second-order valence-electron chi connectivity index (χ2n) is 6.13. The third kappa shape index (κ3) is 5.04. The summed E-state index contributed by atoms with van der Waals surface area (Å²) in [5, 5.41) is 8.46. The lowest BCUT2D eigenvalue weighted by atomic mass is 10.1. The summed E-state index contributed by atoms with van der Waals surface area (Å²) in [5.41, 5.74) is 3.85. The van der Waals surface area contributed by atoms with Crippen molar-refractivity contribution in [3.63, 3.8) is 0 Å². The third-order valence-corrected chi connectivity index (χ3v) is 3.99. The van der Waals surface area contributed by atoms with Crippen LogP contribution in [0.3, 0.4) is 0 Å². The Labute approximate surface area is 158 Å². The number of hydrogen-bond acceptors (Lipinski definition) is 5. The Morgan fingerprint density at radius 3 is 2.37 bits per heavy atom. The fourth-order valence-electron chi connectivity index (χ4n) is 2.52. The minimum atomic E-state index is -0.478. The maximum absolute atomic E-state index is 11.9. The van der Waals surface area contributed by atoms with Crippen LogP contribution in [0.15, 0.2) is 54.7 Å². The van der Waals surface area contributed by atoms with E-state index in [4.69, 9.17) is 9.47 Å². The predicted octanol–water partition coefficient (Wildman–Crippen LogP) is 3.37. The normalized spacial score (nSPS) is 10.8. The molecule has 2 aromatic carbocycles. The first-order chi connectivity index (χ1) is 13.2. The number of anilines is 1. The molecule has 1 heterocycles. The van der Waals surface area contributed by atoms with Crippen LogP contribution in [0.4, 0.5) is 10.1 Å². The minimum Gasteiger partial charge on any atom is -0.491 e. The molecule has 3 aromatic rings. The van der Waals surface area contributed by atoms with Crippen molar-refractivity contribution >= 4 is 5.69 Å². The minimum absolute atomic E-state index is 0.106. The lowest BCUT2D eigenvalue weighted by molar-refractivity contribution is 0.0897. The van der Waals surface area contributed by atoms with Gasteiger partial charge < -0.3 is 14.4 Å². The monoisotopic (exact) mass is 369 g/mol.